The highest BCUT2D eigenvalue weighted by atomic mass is 14.7. The maximum atomic E-state index is 4.96. The molecule has 0 unspecified atom stereocenters. The normalized spacial score (nSPS) is 11.2. The first-order chi connectivity index (χ1) is 33.7. The molecule has 0 bridgehead atoms. The van der Waals surface area contributed by atoms with E-state index >= 15 is 0 Å². The molecule has 0 aliphatic carbocycles. The van der Waals surface area contributed by atoms with Gasteiger partial charge in [0.25, 0.3) is 0 Å². The van der Waals surface area contributed by atoms with E-state index in [4.69, 9.17) is 4.98 Å². The van der Waals surface area contributed by atoms with Crippen LogP contribution >= 0.6 is 0 Å². The largest absolute Gasteiger partial charge is 0.256 e. The molecule has 0 amide bonds. The van der Waals surface area contributed by atoms with Gasteiger partial charge in [-0.2, -0.15) is 0 Å². The van der Waals surface area contributed by atoms with Gasteiger partial charge in [-0.25, -0.2) is 0 Å². The lowest BCUT2D eigenvalue weighted by molar-refractivity contribution is 0.931. The third-order valence-corrected chi connectivity index (χ3v) is 13.1. The lowest BCUT2D eigenvalue weighted by Gasteiger charge is -2.18. The summed E-state index contributed by atoms with van der Waals surface area (Å²) in [5.74, 6) is 0. The van der Waals surface area contributed by atoms with Crippen LogP contribution in [-0.2, 0) is 25.7 Å². The van der Waals surface area contributed by atoms with Crippen LogP contribution in [0.3, 0.4) is 0 Å². The maximum Gasteiger partial charge on any atom is 0.0708 e. The second kappa shape index (κ2) is 19.5. The summed E-state index contributed by atoms with van der Waals surface area (Å²) in [6.45, 7) is 0. The fraction of sp³-hybridized carbons (Fsp3) is 0.0615. The van der Waals surface area contributed by atoms with E-state index in [-0.39, 0.29) is 0 Å². The Morgan fingerprint density at radius 2 is 0.721 bits per heavy atom. The van der Waals surface area contributed by atoms with E-state index in [1.54, 1.807) is 0 Å². The Balaban J connectivity index is 0.968. The van der Waals surface area contributed by atoms with E-state index in [1.165, 1.54) is 66.6 Å². The standard InChI is InChI=1S/C65H49N3/c1-2-12-50(13-3-1)51-32-34-52(35-33-51)62-43-56(65-44-55-14-4-5-15-57(55)45-68-65)36-37-61(62)60-17-7-6-16-59(60)58-41-48(22-20-46-24-28-53(29-25-46)63-18-8-10-38-66-63)40-49(42-58)23-21-47-26-30-54(31-27-47)64-19-9-11-39-67-64/h1-19,24-45H,20-23H2. The molecule has 0 saturated heterocycles. The second-order valence-corrected chi connectivity index (χ2v) is 17.5. The van der Waals surface area contributed by atoms with Gasteiger partial charge in [0.15, 0.2) is 0 Å². The van der Waals surface area contributed by atoms with Gasteiger partial charge in [0.2, 0.25) is 0 Å². The van der Waals surface area contributed by atoms with Crippen LogP contribution in [0.1, 0.15) is 22.3 Å². The molecule has 8 aromatic carbocycles. The summed E-state index contributed by atoms with van der Waals surface area (Å²) >= 11 is 0. The van der Waals surface area contributed by atoms with Gasteiger partial charge in [0, 0.05) is 40.7 Å². The molecule has 0 saturated carbocycles. The number of fused-ring (bicyclic) bond motifs is 1. The minimum atomic E-state index is 0.928. The summed E-state index contributed by atoms with van der Waals surface area (Å²) in [5.41, 5.74) is 21.2. The molecule has 0 radical (unpaired) electrons. The third kappa shape index (κ3) is 9.42. The summed E-state index contributed by atoms with van der Waals surface area (Å²) in [4.78, 5) is 14.1. The lowest BCUT2D eigenvalue weighted by atomic mass is 9.86. The Bertz CT molecular complexity index is 3350. The minimum Gasteiger partial charge on any atom is -0.256 e. The molecule has 3 heteroatoms. The Kier molecular flexibility index (Phi) is 12.1. The smallest absolute Gasteiger partial charge is 0.0708 e. The fourth-order valence-corrected chi connectivity index (χ4v) is 9.40. The van der Waals surface area contributed by atoms with Crippen LogP contribution in [0, 0.1) is 0 Å². The van der Waals surface area contributed by atoms with E-state index in [0.29, 0.717) is 0 Å². The predicted octanol–water partition coefficient (Wildman–Crippen LogP) is 16.3. The van der Waals surface area contributed by atoms with E-state index in [1.807, 2.05) is 42.9 Å². The van der Waals surface area contributed by atoms with Crippen molar-refractivity contribution >= 4 is 10.8 Å². The zero-order valence-electron chi connectivity index (χ0n) is 37.8. The molecule has 11 aromatic rings. The molecule has 3 aromatic heterocycles. The van der Waals surface area contributed by atoms with Crippen molar-refractivity contribution in [3.05, 3.63) is 271 Å². The second-order valence-electron chi connectivity index (χ2n) is 17.5. The summed E-state index contributed by atoms with van der Waals surface area (Å²) in [6, 6.07) is 83.3. The van der Waals surface area contributed by atoms with Crippen LogP contribution in [0.2, 0.25) is 0 Å². The third-order valence-electron chi connectivity index (χ3n) is 13.1. The molecular formula is C65H49N3. The SMILES string of the molecule is c1ccc(-c2ccc(-c3cc(-c4cc5ccccc5cn4)ccc3-c3ccccc3-c3cc(CCc4ccc(-c5ccccn5)cc4)cc(CCc4ccc(-c5ccccn5)cc4)c3)cc2)cc1. The molecule has 0 N–H and O–H groups in total. The lowest BCUT2D eigenvalue weighted by Crippen LogP contribution is -1.98. The van der Waals surface area contributed by atoms with Crippen molar-refractivity contribution in [2.24, 2.45) is 0 Å². The highest BCUT2D eigenvalue weighted by Gasteiger charge is 2.17. The molecule has 0 atom stereocenters. The van der Waals surface area contributed by atoms with Crippen molar-refractivity contribution in [1.29, 1.82) is 0 Å². The molecule has 0 fully saturated rings. The van der Waals surface area contributed by atoms with Crippen LogP contribution in [-0.4, -0.2) is 15.0 Å². The molecule has 3 heterocycles. The summed E-state index contributed by atoms with van der Waals surface area (Å²) < 4.78 is 0. The number of nitrogens with zero attached hydrogens (tertiary/aromatic N) is 3. The maximum absolute atomic E-state index is 4.96. The molecule has 324 valence electrons. The van der Waals surface area contributed by atoms with Crippen LogP contribution in [0.5, 0.6) is 0 Å². The van der Waals surface area contributed by atoms with Crippen LogP contribution in [0.4, 0.5) is 0 Å². The van der Waals surface area contributed by atoms with Crippen LogP contribution in [0.25, 0.3) is 89.1 Å². The van der Waals surface area contributed by atoms with Gasteiger partial charge in [-0.15, -0.1) is 0 Å². The van der Waals surface area contributed by atoms with Crippen molar-refractivity contribution in [2.45, 2.75) is 25.7 Å². The Hall–Kier alpha value is -8.53. The molecular weight excluding hydrogens is 823 g/mol. The van der Waals surface area contributed by atoms with Gasteiger partial charge in [0.05, 0.1) is 17.1 Å². The van der Waals surface area contributed by atoms with Gasteiger partial charge in [-0.1, -0.05) is 194 Å². The Labute approximate surface area is 399 Å². The first-order valence-corrected chi connectivity index (χ1v) is 23.6. The molecule has 3 nitrogen and oxygen atoms in total. The highest BCUT2D eigenvalue weighted by molar-refractivity contribution is 5.94. The minimum absolute atomic E-state index is 0.928. The van der Waals surface area contributed by atoms with E-state index in [2.05, 4.69) is 216 Å². The number of pyridine rings is 3. The number of benzene rings is 8. The molecule has 0 spiro atoms. The number of aromatic nitrogens is 3. The highest BCUT2D eigenvalue weighted by Crippen LogP contribution is 2.41. The number of hydrogen-bond acceptors (Lipinski definition) is 3. The van der Waals surface area contributed by atoms with E-state index in [9.17, 15) is 0 Å². The first-order valence-electron chi connectivity index (χ1n) is 23.6. The Morgan fingerprint density at radius 3 is 1.34 bits per heavy atom. The topological polar surface area (TPSA) is 38.7 Å². The van der Waals surface area contributed by atoms with Gasteiger partial charge in [-0.3, -0.25) is 15.0 Å². The van der Waals surface area contributed by atoms with Crippen molar-refractivity contribution in [1.82, 2.24) is 15.0 Å². The average molecular weight is 872 g/mol. The summed E-state index contributed by atoms with van der Waals surface area (Å²) in [7, 11) is 0. The summed E-state index contributed by atoms with van der Waals surface area (Å²) in [5, 5.41) is 2.32. The molecule has 11 rings (SSSR count). The van der Waals surface area contributed by atoms with Crippen LogP contribution in [0.15, 0.2) is 249 Å². The number of hydrogen-bond donors (Lipinski definition) is 0. The Morgan fingerprint density at radius 1 is 0.235 bits per heavy atom. The predicted molar refractivity (Wildman–Crippen MR) is 283 cm³/mol. The zero-order valence-corrected chi connectivity index (χ0v) is 37.8. The van der Waals surface area contributed by atoms with E-state index < -0.39 is 0 Å². The van der Waals surface area contributed by atoms with Crippen LogP contribution < -0.4 is 0 Å². The quantitative estimate of drug-likeness (QED) is 0.116. The molecule has 68 heavy (non-hydrogen) atoms. The van der Waals surface area contributed by atoms with E-state index in [0.717, 1.165) is 70.4 Å². The van der Waals surface area contributed by atoms with Gasteiger partial charge in [-0.05, 0) is 134 Å². The van der Waals surface area contributed by atoms with Crippen molar-refractivity contribution in [3.8, 4) is 78.3 Å². The van der Waals surface area contributed by atoms with Crippen molar-refractivity contribution in [3.63, 3.8) is 0 Å². The molecule has 0 aliphatic heterocycles. The number of aryl methyl sites for hydroxylation is 4. The van der Waals surface area contributed by atoms with Crippen molar-refractivity contribution in [2.75, 3.05) is 0 Å². The zero-order chi connectivity index (χ0) is 45.5. The molecule has 0 aliphatic rings. The summed E-state index contributed by atoms with van der Waals surface area (Å²) in [6.07, 6.45) is 9.43. The van der Waals surface area contributed by atoms with Gasteiger partial charge >= 0.3 is 0 Å². The van der Waals surface area contributed by atoms with Crippen molar-refractivity contribution < 1.29 is 0 Å². The monoisotopic (exact) mass is 871 g/mol. The fourth-order valence-electron chi connectivity index (χ4n) is 9.40. The number of rotatable bonds is 13. The van der Waals surface area contributed by atoms with Gasteiger partial charge < -0.3 is 0 Å². The van der Waals surface area contributed by atoms with Gasteiger partial charge in [0.1, 0.15) is 0 Å². The average Bonchev–Trinajstić information content (AvgIpc) is 3.42. The first kappa shape index (κ1) is 42.1.